The van der Waals surface area contributed by atoms with E-state index in [0.29, 0.717) is 21.3 Å². The van der Waals surface area contributed by atoms with Crippen LogP contribution in [0.2, 0.25) is 10.0 Å². The number of hydrogen-bond donors (Lipinski definition) is 3. The number of benzene rings is 3. The summed E-state index contributed by atoms with van der Waals surface area (Å²) in [5, 5.41) is 7.12. The molecule has 0 aliphatic carbocycles. The van der Waals surface area contributed by atoms with Crippen molar-refractivity contribution in [2.24, 2.45) is 0 Å². The van der Waals surface area contributed by atoms with Crippen LogP contribution in [0.4, 0.5) is 5.69 Å². The first-order valence-corrected chi connectivity index (χ1v) is 12.0. The highest BCUT2D eigenvalue weighted by atomic mass is 35.5. The van der Waals surface area contributed by atoms with E-state index < -0.39 is 23.8 Å². The van der Waals surface area contributed by atoms with Crippen LogP contribution in [0, 0.1) is 0 Å². The lowest BCUT2D eigenvalue weighted by molar-refractivity contribution is -0.145. The molecule has 3 N–H and O–H groups in total. The van der Waals surface area contributed by atoms with Gasteiger partial charge in [-0.2, -0.15) is 0 Å². The van der Waals surface area contributed by atoms with Gasteiger partial charge in [0.2, 0.25) is 0 Å². The Balaban J connectivity index is 1.56. The molecule has 1 unspecified atom stereocenters. The van der Waals surface area contributed by atoms with Gasteiger partial charge >= 0.3 is 5.97 Å². The van der Waals surface area contributed by atoms with Gasteiger partial charge in [-0.15, -0.1) is 0 Å². The van der Waals surface area contributed by atoms with Crippen molar-refractivity contribution in [2.75, 3.05) is 11.9 Å². The Labute approximate surface area is 217 Å². The van der Waals surface area contributed by atoms with Crippen molar-refractivity contribution in [3.8, 4) is 0 Å². The Kier molecular flexibility index (Phi) is 7.93. The SMILES string of the molecule is CCOC(=O)C(Cc1c(Cl)cccc1Cl)NC(=O)c1ccccc1NC(=O)c1cc2ccccc2[nH]1. The van der Waals surface area contributed by atoms with Gasteiger partial charge in [-0.25, -0.2) is 4.79 Å². The Morgan fingerprint density at radius 3 is 2.33 bits per heavy atom. The number of rotatable bonds is 8. The molecule has 4 aromatic rings. The van der Waals surface area contributed by atoms with Crippen LogP contribution in [0.25, 0.3) is 10.9 Å². The highest BCUT2D eigenvalue weighted by Gasteiger charge is 2.26. The number of fused-ring (bicyclic) bond motifs is 1. The summed E-state index contributed by atoms with van der Waals surface area (Å²) in [7, 11) is 0. The van der Waals surface area contributed by atoms with Gasteiger partial charge in [0, 0.05) is 27.4 Å². The summed E-state index contributed by atoms with van der Waals surface area (Å²) in [6.07, 6.45) is 0.0344. The minimum absolute atomic E-state index is 0.0344. The van der Waals surface area contributed by atoms with Crippen LogP contribution < -0.4 is 10.6 Å². The summed E-state index contributed by atoms with van der Waals surface area (Å²) in [5.41, 5.74) is 2.16. The zero-order valence-corrected chi connectivity index (χ0v) is 20.8. The average Bonchev–Trinajstić information content (AvgIpc) is 3.30. The minimum atomic E-state index is -1.05. The predicted molar refractivity (Wildman–Crippen MR) is 141 cm³/mol. The lowest BCUT2D eigenvalue weighted by Crippen LogP contribution is -2.43. The minimum Gasteiger partial charge on any atom is -0.464 e. The second-order valence-corrected chi connectivity index (χ2v) is 8.77. The number of anilines is 1. The summed E-state index contributed by atoms with van der Waals surface area (Å²) >= 11 is 12.6. The molecule has 0 saturated carbocycles. The van der Waals surface area contributed by atoms with E-state index in [1.165, 1.54) is 0 Å². The van der Waals surface area contributed by atoms with Gasteiger partial charge in [-0.3, -0.25) is 9.59 Å². The maximum absolute atomic E-state index is 13.3. The summed E-state index contributed by atoms with van der Waals surface area (Å²) in [6, 6.07) is 19.7. The van der Waals surface area contributed by atoms with Crippen molar-refractivity contribution in [1.29, 1.82) is 0 Å². The number of carbonyl (C=O) groups excluding carboxylic acids is 3. The normalized spacial score (nSPS) is 11.6. The third-order valence-corrected chi connectivity index (χ3v) is 6.25. The Morgan fingerprint density at radius 2 is 1.61 bits per heavy atom. The molecule has 1 heterocycles. The molecule has 7 nitrogen and oxygen atoms in total. The monoisotopic (exact) mass is 523 g/mol. The lowest BCUT2D eigenvalue weighted by atomic mass is 10.0. The number of nitrogens with one attached hydrogen (secondary N) is 3. The molecule has 0 fully saturated rings. The summed E-state index contributed by atoms with van der Waals surface area (Å²) in [6.45, 7) is 1.81. The van der Waals surface area contributed by atoms with E-state index in [-0.39, 0.29) is 24.3 Å². The number of ether oxygens (including phenoxy) is 1. The smallest absolute Gasteiger partial charge is 0.328 e. The van der Waals surface area contributed by atoms with Crippen molar-refractivity contribution < 1.29 is 19.1 Å². The van der Waals surface area contributed by atoms with Crippen molar-refractivity contribution in [1.82, 2.24) is 10.3 Å². The van der Waals surface area contributed by atoms with Crippen molar-refractivity contribution in [3.05, 3.63) is 99.7 Å². The van der Waals surface area contributed by atoms with Gasteiger partial charge in [0.05, 0.1) is 17.9 Å². The Hall–Kier alpha value is -3.81. The first-order valence-electron chi connectivity index (χ1n) is 11.3. The molecule has 2 amide bonds. The fraction of sp³-hybridized carbons (Fsp3) is 0.148. The third kappa shape index (κ3) is 5.70. The lowest BCUT2D eigenvalue weighted by Gasteiger charge is -2.19. The second-order valence-electron chi connectivity index (χ2n) is 7.95. The maximum Gasteiger partial charge on any atom is 0.328 e. The van der Waals surface area contributed by atoms with E-state index in [1.54, 1.807) is 55.5 Å². The number of para-hydroxylation sites is 2. The van der Waals surface area contributed by atoms with E-state index in [2.05, 4.69) is 15.6 Å². The number of aromatic nitrogens is 1. The summed E-state index contributed by atoms with van der Waals surface area (Å²) < 4.78 is 5.16. The highest BCUT2D eigenvalue weighted by Crippen LogP contribution is 2.26. The topological polar surface area (TPSA) is 100 Å². The summed E-state index contributed by atoms with van der Waals surface area (Å²) in [5.74, 6) is -1.60. The zero-order valence-electron chi connectivity index (χ0n) is 19.3. The molecule has 0 aliphatic rings. The van der Waals surface area contributed by atoms with Crippen LogP contribution in [0.3, 0.4) is 0 Å². The Morgan fingerprint density at radius 1 is 0.917 bits per heavy atom. The van der Waals surface area contributed by atoms with Crippen LogP contribution in [0.1, 0.15) is 33.3 Å². The molecule has 0 aliphatic heterocycles. The fourth-order valence-electron chi connectivity index (χ4n) is 3.78. The predicted octanol–water partition coefficient (Wildman–Crippen LogP) is 5.63. The van der Waals surface area contributed by atoms with E-state index in [0.717, 1.165) is 10.9 Å². The molecule has 0 radical (unpaired) electrons. The van der Waals surface area contributed by atoms with Crippen molar-refractivity contribution in [3.63, 3.8) is 0 Å². The van der Waals surface area contributed by atoms with Gasteiger partial charge in [-0.05, 0) is 48.9 Å². The highest BCUT2D eigenvalue weighted by molar-refractivity contribution is 6.36. The molecule has 9 heteroatoms. The number of esters is 1. The molecular weight excluding hydrogens is 501 g/mol. The van der Waals surface area contributed by atoms with Gasteiger partial charge in [-0.1, -0.05) is 59.6 Å². The van der Waals surface area contributed by atoms with Gasteiger partial charge < -0.3 is 20.4 Å². The van der Waals surface area contributed by atoms with Gasteiger partial charge in [0.1, 0.15) is 11.7 Å². The fourth-order valence-corrected chi connectivity index (χ4v) is 4.33. The van der Waals surface area contributed by atoms with Crippen LogP contribution in [0.15, 0.2) is 72.8 Å². The molecular formula is C27H23Cl2N3O4. The van der Waals surface area contributed by atoms with E-state index >= 15 is 0 Å². The van der Waals surface area contributed by atoms with Crippen molar-refractivity contribution >= 4 is 57.6 Å². The van der Waals surface area contributed by atoms with Gasteiger partial charge in [0.25, 0.3) is 11.8 Å². The zero-order chi connectivity index (χ0) is 25.7. The summed E-state index contributed by atoms with van der Waals surface area (Å²) in [4.78, 5) is 41.9. The van der Waals surface area contributed by atoms with Crippen molar-refractivity contribution in [2.45, 2.75) is 19.4 Å². The van der Waals surface area contributed by atoms with Gasteiger partial charge in [0.15, 0.2) is 0 Å². The quantitative estimate of drug-likeness (QED) is 0.260. The van der Waals surface area contributed by atoms with E-state index in [9.17, 15) is 14.4 Å². The first-order chi connectivity index (χ1) is 17.4. The maximum atomic E-state index is 13.3. The van der Waals surface area contributed by atoms with Crippen LogP contribution >= 0.6 is 23.2 Å². The molecule has 1 aromatic heterocycles. The molecule has 36 heavy (non-hydrogen) atoms. The number of H-pyrrole nitrogens is 1. The molecule has 0 spiro atoms. The van der Waals surface area contributed by atoms with Crippen LogP contribution in [-0.4, -0.2) is 35.4 Å². The molecule has 3 aromatic carbocycles. The largest absolute Gasteiger partial charge is 0.464 e. The average molecular weight is 524 g/mol. The van der Waals surface area contributed by atoms with Crippen LogP contribution in [0.5, 0.6) is 0 Å². The molecule has 4 rings (SSSR count). The third-order valence-electron chi connectivity index (χ3n) is 5.54. The molecule has 184 valence electrons. The number of halogens is 2. The number of carbonyl (C=O) groups is 3. The molecule has 0 saturated heterocycles. The molecule has 1 atom stereocenters. The first kappa shape index (κ1) is 25.3. The molecule has 0 bridgehead atoms. The van der Waals surface area contributed by atoms with E-state index in [4.69, 9.17) is 27.9 Å². The number of aromatic amines is 1. The second kappa shape index (κ2) is 11.3. The standard InChI is InChI=1S/C27H23Cl2N3O4/c1-2-36-27(35)24(15-18-19(28)10-7-11-20(18)29)32-25(33)17-9-4-6-13-22(17)31-26(34)23-14-16-8-3-5-12-21(16)30-23/h3-14,24,30H,2,15H2,1H3,(H,31,34)(H,32,33). The number of amides is 2. The Bertz CT molecular complexity index is 1380. The number of hydrogen-bond acceptors (Lipinski definition) is 4. The van der Waals surface area contributed by atoms with Crippen LogP contribution in [-0.2, 0) is 16.0 Å². The van der Waals surface area contributed by atoms with E-state index in [1.807, 2.05) is 24.3 Å².